The zero-order valence-corrected chi connectivity index (χ0v) is 12.8. The normalized spacial score (nSPS) is 14.2. The van der Waals surface area contributed by atoms with Crippen LogP contribution in [0.15, 0.2) is 16.3 Å². The van der Waals surface area contributed by atoms with E-state index in [0.29, 0.717) is 16.7 Å². The summed E-state index contributed by atoms with van der Waals surface area (Å²) in [5.41, 5.74) is 0. The van der Waals surface area contributed by atoms with Crippen LogP contribution in [0.4, 0.5) is 0 Å². The Morgan fingerprint density at radius 2 is 2.06 bits per heavy atom. The Hall–Kier alpha value is 0.190. The Morgan fingerprint density at radius 1 is 1.41 bits per heavy atom. The minimum atomic E-state index is -3.50. The topological polar surface area (TPSA) is 46.2 Å². The van der Waals surface area contributed by atoms with E-state index in [9.17, 15) is 8.42 Å². The lowest BCUT2D eigenvalue weighted by Crippen LogP contribution is -2.36. The standard InChI is InChI=1S/C10H15Cl2NO2S2/c1-7(2)5-8(6-11)13-17(14,15)10-4-3-9(12)16-10/h3-4,7-8,13H,5-6H2,1-2H3. The lowest BCUT2D eigenvalue weighted by atomic mass is 10.1. The zero-order valence-electron chi connectivity index (χ0n) is 9.61. The smallest absolute Gasteiger partial charge is 0.206 e. The summed E-state index contributed by atoms with van der Waals surface area (Å²) in [4.78, 5) is 0. The monoisotopic (exact) mass is 315 g/mol. The molecule has 0 saturated carbocycles. The number of alkyl halides is 1. The van der Waals surface area contributed by atoms with E-state index in [2.05, 4.69) is 4.72 Å². The van der Waals surface area contributed by atoms with Crippen molar-refractivity contribution in [3.8, 4) is 0 Å². The maximum absolute atomic E-state index is 12.0. The number of halogens is 2. The third-order valence-electron chi connectivity index (χ3n) is 2.08. The van der Waals surface area contributed by atoms with Crippen molar-refractivity contribution < 1.29 is 8.42 Å². The van der Waals surface area contributed by atoms with Crippen molar-refractivity contribution in [2.24, 2.45) is 5.92 Å². The van der Waals surface area contributed by atoms with Crippen LogP contribution in [0.5, 0.6) is 0 Å². The van der Waals surface area contributed by atoms with E-state index in [-0.39, 0.29) is 16.1 Å². The van der Waals surface area contributed by atoms with Gasteiger partial charge in [0.1, 0.15) is 4.21 Å². The SMILES string of the molecule is CC(C)CC(CCl)NS(=O)(=O)c1ccc(Cl)s1. The molecule has 1 rings (SSSR count). The lowest BCUT2D eigenvalue weighted by molar-refractivity contribution is 0.486. The third kappa shape index (κ3) is 4.75. The van der Waals surface area contributed by atoms with Gasteiger partial charge in [-0.15, -0.1) is 22.9 Å². The molecule has 0 aliphatic heterocycles. The van der Waals surface area contributed by atoms with E-state index in [1.165, 1.54) is 6.07 Å². The van der Waals surface area contributed by atoms with Gasteiger partial charge in [0, 0.05) is 11.9 Å². The van der Waals surface area contributed by atoms with Crippen molar-refractivity contribution in [1.82, 2.24) is 4.72 Å². The Labute approximate surface area is 116 Å². The second-order valence-electron chi connectivity index (χ2n) is 4.16. The number of nitrogens with one attached hydrogen (secondary N) is 1. The van der Waals surface area contributed by atoms with E-state index < -0.39 is 10.0 Å². The molecule has 7 heteroatoms. The summed E-state index contributed by atoms with van der Waals surface area (Å²) in [5.74, 6) is 0.643. The van der Waals surface area contributed by atoms with Gasteiger partial charge >= 0.3 is 0 Å². The highest BCUT2D eigenvalue weighted by Gasteiger charge is 2.21. The van der Waals surface area contributed by atoms with Gasteiger partial charge in [-0.05, 0) is 24.5 Å². The number of hydrogen-bond acceptors (Lipinski definition) is 3. The maximum Gasteiger partial charge on any atom is 0.250 e. The fourth-order valence-electron chi connectivity index (χ4n) is 1.43. The third-order valence-corrected chi connectivity index (χ3v) is 5.69. The summed E-state index contributed by atoms with van der Waals surface area (Å²) in [6, 6.07) is 2.82. The van der Waals surface area contributed by atoms with Gasteiger partial charge in [0.25, 0.3) is 0 Å². The lowest BCUT2D eigenvalue weighted by Gasteiger charge is -2.17. The fourth-order valence-corrected chi connectivity index (χ4v) is 4.47. The Morgan fingerprint density at radius 3 is 2.47 bits per heavy atom. The van der Waals surface area contributed by atoms with Crippen molar-refractivity contribution in [2.45, 2.75) is 30.5 Å². The van der Waals surface area contributed by atoms with E-state index in [1.54, 1.807) is 6.07 Å². The molecule has 98 valence electrons. The van der Waals surface area contributed by atoms with Crippen LogP contribution in [0.3, 0.4) is 0 Å². The highest BCUT2D eigenvalue weighted by Crippen LogP contribution is 2.25. The molecule has 1 aromatic rings. The molecular weight excluding hydrogens is 301 g/mol. The number of rotatable bonds is 6. The predicted octanol–water partition coefficient (Wildman–Crippen LogP) is 3.33. The van der Waals surface area contributed by atoms with Crippen molar-refractivity contribution in [3.05, 3.63) is 16.5 Å². The molecule has 0 amide bonds. The van der Waals surface area contributed by atoms with Crippen LogP contribution in [0.25, 0.3) is 0 Å². The Kier molecular flexibility index (Phi) is 5.73. The maximum atomic E-state index is 12.0. The van der Waals surface area contributed by atoms with Crippen molar-refractivity contribution in [1.29, 1.82) is 0 Å². The number of hydrogen-bond donors (Lipinski definition) is 1. The minimum absolute atomic E-state index is 0.223. The van der Waals surface area contributed by atoms with Crippen molar-refractivity contribution in [2.75, 3.05) is 5.88 Å². The van der Waals surface area contributed by atoms with Crippen molar-refractivity contribution in [3.63, 3.8) is 0 Å². The van der Waals surface area contributed by atoms with Gasteiger partial charge in [-0.1, -0.05) is 25.4 Å². The minimum Gasteiger partial charge on any atom is -0.206 e. The first-order chi connectivity index (χ1) is 7.85. The average molecular weight is 316 g/mol. The van der Waals surface area contributed by atoms with E-state index in [4.69, 9.17) is 23.2 Å². The summed E-state index contributed by atoms with van der Waals surface area (Å²) in [6.07, 6.45) is 0.710. The summed E-state index contributed by atoms with van der Waals surface area (Å²) in [7, 11) is -3.50. The Bertz CT molecular complexity index is 457. The van der Waals surface area contributed by atoms with Crippen LogP contribution < -0.4 is 4.72 Å². The summed E-state index contributed by atoms with van der Waals surface area (Å²) >= 11 is 12.5. The molecule has 0 saturated heterocycles. The first kappa shape index (κ1) is 15.2. The highest BCUT2D eigenvalue weighted by molar-refractivity contribution is 7.91. The van der Waals surface area contributed by atoms with E-state index >= 15 is 0 Å². The zero-order chi connectivity index (χ0) is 13.1. The van der Waals surface area contributed by atoms with Crippen LogP contribution in [0.2, 0.25) is 4.34 Å². The molecule has 1 N–H and O–H groups in total. The highest BCUT2D eigenvalue weighted by atomic mass is 35.5. The van der Waals surface area contributed by atoms with E-state index in [0.717, 1.165) is 11.3 Å². The van der Waals surface area contributed by atoms with Gasteiger partial charge < -0.3 is 0 Å². The van der Waals surface area contributed by atoms with Crippen LogP contribution in [0, 0.1) is 5.92 Å². The van der Waals surface area contributed by atoms with Gasteiger partial charge in [0.2, 0.25) is 10.0 Å². The molecular formula is C10H15Cl2NO2S2. The van der Waals surface area contributed by atoms with E-state index in [1.807, 2.05) is 13.8 Å². The van der Waals surface area contributed by atoms with Crippen LogP contribution >= 0.6 is 34.5 Å². The number of sulfonamides is 1. The summed E-state index contributed by atoms with van der Waals surface area (Å²) in [6.45, 7) is 4.05. The molecule has 0 radical (unpaired) electrons. The van der Waals surface area contributed by atoms with Crippen LogP contribution in [-0.2, 0) is 10.0 Å². The van der Waals surface area contributed by atoms with Crippen LogP contribution in [0.1, 0.15) is 20.3 Å². The summed E-state index contributed by atoms with van der Waals surface area (Å²) in [5, 5.41) is 0. The summed E-state index contributed by atoms with van der Waals surface area (Å²) < 4.78 is 27.2. The van der Waals surface area contributed by atoms with Gasteiger partial charge in [0.15, 0.2) is 0 Å². The predicted molar refractivity (Wildman–Crippen MR) is 73.6 cm³/mol. The first-order valence-corrected chi connectivity index (χ1v) is 8.40. The largest absolute Gasteiger partial charge is 0.250 e. The fraction of sp³-hybridized carbons (Fsp3) is 0.600. The molecule has 1 heterocycles. The van der Waals surface area contributed by atoms with Gasteiger partial charge in [-0.25, -0.2) is 13.1 Å². The quantitative estimate of drug-likeness (QED) is 0.818. The van der Waals surface area contributed by atoms with Crippen molar-refractivity contribution >= 4 is 44.6 Å². The molecule has 0 aromatic carbocycles. The molecule has 1 aromatic heterocycles. The molecule has 0 aliphatic rings. The molecule has 0 fully saturated rings. The van der Waals surface area contributed by atoms with Gasteiger partial charge in [-0.3, -0.25) is 0 Å². The second-order valence-corrected chi connectivity index (χ2v) is 8.13. The second kappa shape index (κ2) is 6.38. The molecule has 0 spiro atoms. The molecule has 3 nitrogen and oxygen atoms in total. The van der Waals surface area contributed by atoms with Crippen LogP contribution in [-0.4, -0.2) is 20.3 Å². The van der Waals surface area contributed by atoms with Gasteiger partial charge in [-0.2, -0.15) is 0 Å². The molecule has 0 bridgehead atoms. The number of thiophene rings is 1. The average Bonchev–Trinajstić information content (AvgIpc) is 2.63. The van der Waals surface area contributed by atoms with Gasteiger partial charge in [0.05, 0.1) is 4.34 Å². The molecule has 1 atom stereocenters. The molecule has 17 heavy (non-hydrogen) atoms. The first-order valence-electron chi connectivity index (χ1n) is 5.18. The molecule has 1 unspecified atom stereocenters. The molecule has 0 aliphatic carbocycles. The Balaban J connectivity index is 2.78.